The maximum atomic E-state index is 12.5. The molecule has 0 bridgehead atoms. The SMILES string of the molecule is COc1cnn(C)c1C(=O)c1cc2c(s1)CCC2. The van der Waals surface area contributed by atoms with Gasteiger partial charge >= 0.3 is 0 Å². The van der Waals surface area contributed by atoms with E-state index in [9.17, 15) is 4.79 Å². The average Bonchev–Trinajstić information content (AvgIpc) is 3.00. The fourth-order valence-electron chi connectivity index (χ4n) is 2.38. The third-order valence-electron chi connectivity index (χ3n) is 3.31. The summed E-state index contributed by atoms with van der Waals surface area (Å²) in [7, 11) is 3.32. The normalized spacial score (nSPS) is 13.7. The van der Waals surface area contributed by atoms with Crippen LogP contribution in [0, 0.1) is 0 Å². The predicted molar refractivity (Wildman–Crippen MR) is 69.5 cm³/mol. The first kappa shape index (κ1) is 11.5. The number of carbonyl (C=O) groups excluding carboxylic acids is 1. The Morgan fingerprint density at radius 3 is 3.06 bits per heavy atom. The van der Waals surface area contributed by atoms with Gasteiger partial charge in [0.15, 0.2) is 11.4 Å². The van der Waals surface area contributed by atoms with Crippen molar-refractivity contribution in [1.29, 1.82) is 0 Å². The highest BCUT2D eigenvalue weighted by Gasteiger charge is 2.24. The maximum absolute atomic E-state index is 12.5. The number of ether oxygens (including phenoxy) is 1. The van der Waals surface area contributed by atoms with E-state index in [2.05, 4.69) is 5.10 Å². The van der Waals surface area contributed by atoms with Gasteiger partial charge in [0, 0.05) is 11.9 Å². The lowest BCUT2D eigenvalue weighted by Crippen LogP contribution is -2.08. The summed E-state index contributed by atoms with van der Waals surface area (Å²) in [6.45, 7) is 0. The van der Waals surface area contributed by atoms with Gasteiger partial charge in [0.05, 0.1) is 18.2 Å². The molecule has 0 amide bonds. The van der Waals surface area contributed by atoms with Crippen LogP contribution in [0.3, 0.4) is 0 Å². The first-order chi connectivity index (χ1) is 8.70. The van der Waals surface area contributed by atoms with E-state index in [0.717, 1.165) is 17.7 Å². The van der Waals surface area contributed by atoms with Crippen molar-refractivity contribution in [2.45, 2.75) is 19.3 Å². The lowest BCUT2D eigenvalue weighted by molar-refractivity contribution is 0.103. The highest BCUT2D eigenvalue weighted by molar-refractivity contribution is 7.14. The first-order valence-corrected chi connectivity index (χ1v) is 6.74. The Labute approximate surface area is 109 Å². The standard InChI is InChI=1S/C13H14N2O2S/c1-15-12(9(17-2)7-14-15)13(16)11-6-8-4-3-5-10(8)18-11/h6-7H,3-5H2,1-2H3. The van der Waals surface area contributed by atoms with E-state index in [-0.39, 0.29) is 5.78 Å². The second kappa shape index (κ2) is 4.24. The number of hydrogen-bond donors (Lipinski definition) is 0. The molecule has 0 N–H and O–H groups in total. The second-order valence-electron chi connectivity index (χ2n) is 4.43. The van der Waals surface area contributed by atoms with Crippen LogP contribution in [0.15, 0.2) is 12.3 Å². The van der Waals surface area contributed by atoms with Crippen LogP contribution >= 0.6 is 11.3 Å². The highest BCUT2D eigenvalue weighted by atomic mass is 32.1. The van der Waals surface area contributed by atoms with Gasteiger partial charge in [-0.2, -0.15) is 5.10 Å². The molecule has 5 heteroatoms. The minimum atomic E-state index is 0.00579. The summed E-state index contributed by atoms with van der Waals surface area (Å²) in [5.74, 6) is 0.544. The Morgan fingerprint density at radius 2 is 2.33 bits per heavy atom. The Morgan fingerprint density at radius 1 is 1.50 bits per heavy atom. The van der Waals surface area contributed by atoms with E-state index in [4.69, 9.17) is 4.74 Å². The molecule has 0 unspecified atom stereocenters. The van der Waals surface area contributed by atoms with Crippen LogP contribution in [-0.2, 0) is 19.9 Å². The smallest absolute Gasteiger partial charge is 0.224 e. The largest absolute Gasteiger partial charge is 0.493 e. The Balaban J connectivity index is 2.00. The molecule has 0 atom stereocenters. The molecular weight excluding hydrogens is 248 g/mol. The molecule has 0 radical (unpaired) electrons. The fraction of sp³-hybridized carbons (Fsp3) is 0.385. The number of nitrogens with zero attached hydrogens (tertiary/aromatic N) is 2. The van der Waals surface area contributed by atoms with Crippen LogP contribution in [0.2, 0.25) is 0 Å². The molecule has 1 aliphatic rings. The fourth-order valence-corrected chi connectivity index (χ4v) is 3.58. The van der Waals surface area contributed by atoms with E-state index >= 15 is 0 Å². The van der Waals surface area contributed by atoms with Crippen molar-refractivity contribution in [1.82, 2.24) is 9.78 Å². The van der Waals surface area contributed by atoms with E-state index < -0.39 is 0 Å². The van der Waals surface area contributed by atoms with E-state index in [1.807, 2.05) is 6.07 Å². The van der Waals surface area contributed by atoms with Crippen molar-refractivity contribution >= 4 is 17.1 Å². The number of methoxy groups -OCH3 is 1. The number of ketones is 1. The molecule has 2 aromatic rings. The minimum Gasteiger partial charge on any atom is -0.493 e. The minimum absolute atomic E-state index is 0.00579. The summed E-state index contributed by atoms with van der Waals surface area (Å²) in [5, 5.41) is 4.07. The van der Waals surface area contributed by atoms with Crippen molar-refractivity contribution in [3.8, 4) is 5.75 Å². The summed E-state index contributed by atoms with van der Waals surface area (Å²) in [6, 6.07) is 2.03. The summed E-state index contributed by atoms with van der Waals surface area (Å²) in [4.78, 5) is 14.6. The van der Waals surface area contributed by atoms with Gasteiger partial charge in [-0.15, -0.1) is 11.3 Å². The zero-order valence-electron chi connectivity index (χ0n) is 10.4. The first-order valence-electron chi connectivity index (χ1n) is 5.93. The van der Waals surface area contributed by atoms with Gasteiger partial charge in [0.2, 0.25) is 5.78 Å². The van der Waals surface area contributed by atoms with Crippen molar-refractivity contribution in [2.75, 3.05) is 7.11 Å². The molecule has 0 aromatic carbocycles. The number of carbonyl (C=O) groups is 1. The third kappa shape index (κ3) is 1.66. The van der Waals surface area contributed by atoms with Gasteiger partial charge < -0.3 is 4.74 Å². The Bertz CT molecular complexity index is 591. The number of thiophene rings is 1. The number of rotatable bonds is 3. The lowest BCUT2D eigenvalue weighted by atomic mass is 10.2. The van der Waals surface area contributed by atoms with Crippen molar-refractivity contribution in [2.24, 2.45) is 7.05 Å². The predicted octanol–water partition coefficient (Wildman–Crippen LogP) is 2.21. The Kier molecular flexibility index (Phi) is 2.70. The van der Waals surface area contributed by atoms with Crippen LogP contribution in [0.25, 0.3) is 0 Å². The molecule has 0 saturated carbocycles. The van der Waals surface area contributed by atoms with Crippen LogP contribution in [-0.4, -0.2) is 22.7 Å². The quantitative estimate of drug-likeness (QED) is 0.797. The van der Waals surface area contributed by atoms with Gasteiger partial charge in [-0.25, -0.2) is 0 Å². The molecule has 0 aliphatic heterocycles. The molecule has 94 valence electrons. The van der Waals surface area contributed by atoms with Crippen LogP contribution in [0.4, 0.5) is 0 Å². The zero-order valence-corrected chi connectivity index (χ0v) is 11.2. The van der Waals surface area contributed by atoms with E-state index in [1.165, 1.54) is 16.9 Å². The number of aromatic nitrogens is 2. The summed E-state index contributed by atoms with van der Waals surface area (Å²) in [6.07, 6.45) is 5.00. The molecule has 18 heavy (non-hydrogen) atoms. The van der Waals surface area contributed by atoms with Gasteiger partial charge in [0.25, 0.3) is 0 Å². The lowest BCUT2D eigenvalue weighted by Gasteiger charge is -2.02. The summed E-state index contributed by atoms with van der Waals surface area (Å²) in [5.41, 5.74) is 1.86. The summed E-state index contributed by atoms with van der Waals surface area (Å²) < 4.78 is 6.76. The molecule has 4 nitrogen and oxygen atoms in total. The number of hydrogen-bond acceptors (Lipinski definition) is 4. The van der Waals surface area contributed by atoms with Crippen LogP contribution < -0.4 is 4.74 Å². The van der Waals surface area contributed by atoms with Crippen molar-refractivity contribution < 1.29 is 9.53 Å². The molecule has 1 aliphatic carbocycles. The molecule has 0 saturated heterocycles. The number of aryl methyl sites for hydroxylation is 3. The summed E-state index contributed by atoms with van der Waals surface area (Å²) >= 11 is 1.61. The van der Waals surface area contributed by atoms with Gasteiger partial charge in [0.1, 0.15) is 0 Å². The number of fused-ring (bicyclic) bond motifs is 1. The van der Waals surface area contributed by atoms with E-state index in [1.54, 1.807) is 36.4 Å². The highest BCUT2D eigenvalue weighted by Crippen LogP contribution is 2.33. The zero-order chi connectivity index (χ0) is 12.7. The topological polar surface area (TPSA) is 44.1 Å². The molecule has 2 heterocycles. The van der Waals surface area contributed by atoms with Crippen LogP contribution in [0.5, 0.6) is 5.75 Å². The maximum Gasteiger partial charge on any atom is 0.224 e. The van der Waals surface area contributed by atoms with Crippen molar-refractivity contribution in [3.63, 3.8) is 0 Å². The monoisotopic (exact) mass is 262 g/mol. The van der Waals surface area contributed by atoms with Crippen molar-refractivity contribution in [3.05, 3.63) is 33.3 Å². The van der Waals surface area contributed by atoms with Gasteiger partial charge in [-0.05, 0) is 30.9 Å². The average molecular weight is 262 g/mol. The molecule has 0 spiro atoms. The molecule has 2 aromatic heterocycles. The van der Waals surface area contributed by atoms with Gasteiger partial charge in [-0.1, -0.05) is 0 Å². The third-order valence-corrected chi connectivity index (χ3v) is 4.55. The van der Waals surface area contributed by atoms with Crippen LogP contribution in [0.1, 0.15) is 32.2 Å². The molecule has 3 rings (SSSR count). The van der Waals surface area contributed by atoms with Gasteiger partial charge in [-0.3, -0.25) is 9.48 Å². The molecular formula is C13H14N2O2S. The second-order valence-corrected chi connectivity index (χ2v) is 5.56. The molecule has 0 fully saturated rings. The Hall–Kier alpha value is -1.62. The van der Waals surface area contributed by atoms with E-state index in [0.29, 0.717) is 11.4 Å².